The molecule has 0 saturated carbocycles. The lowest BCUT2D eigenvalue weighted by Crippen LogP contribution is -2.21. The molecule has 2 aromatic carbocycles. The number of rotatable bonds is 3. The third-order valence-electron chi connectivity index (χ3n) is 3.34. The normalized spacial score (nSPS) is 10.5. The number of halogens is 1. The molecule has 116 valence electrons. The smallest absolute Gasteiger partial charge is 0.304 e. The molecule has 0 radical (unpaired) electrons. The largest absolute Gasteiger partial charge is 0.505 e. The Kier molecular flexibility index (Phi) is 3.80. The van der Waals surface area contributed by atoms with Crippen molar-refractivity contribution in [1.29, 1.82) is 0 Å². The van der Waals surface area contributed by atoms with E-state index >= 15 is 0 Å². The van der Waals surface area contributed by atoms with E-state index in [1.165, 1.54) is 29.9 Å². The van der Waals surface area contributed by atoms with E-state index in [1.807, 2.05) is 6.07 Å². The van der Waals surface area contributed by atoms with Crippen LogP contribution < -0.4 is 10.3 Å². The van der Waals surface area contributed by atoms with E-state index in [2.05, 4.69) is 4.98 Å². The van der Waals surface area contributed by atoms with Crippen LogP contribution in [-0.2, 0) is 7.05 Å². The van der Waals surface area contributed by atoms with Gasteiger partial charge < -0.3 is 9.84 Å². The highest BCUT2D eigenvalue weighted by molar-refractivity contribution is 5.62. The molecule has 6 heteroatoms. The highest BCUT2D eigenvalue weighted by Gasteiger charge is 2.12. The maximum atomic E-state index is 13.5. The Hall–Kier alpha value is -3.15. The standard InChI is InChI=1S/C17H13FN2O3/c1-20-16(22)13(11-7-8-15(21)14(18)9-11)10-19-17(20)23-12-5-3-2-4-6-12/h2-10,21H,1H3. The van der Waals surface area contributed by atoms with Gasteiger partial charge in [-0.3, -0.25) is 9.36 Å². The monoisotopic (exact) mass is 312 g/mol. The van der Waals surface area contributed by atoms with E-state index in [0.717, 1.165) is 6.07 Å². The summed E-state index contributed by atoms with van der Waals surface area (Å²) in [4.78, 5) is 16.6. The summed E-state index contributed by atoms with van der Waals surface area (Å²) < 4.78 is 20.3. The average molecular weight is 312 g/mol. The summed E-state index contributed by atoms with van der Waals surface area (Å²) in [6, 6.07) is 12.8. The Labute approximate surface area is 131 Å². The molecule has 0 fully saturated rings. The lowest BCUT2D eigenvalue weighted by atomic mass is 10.1. The zero-order chi connectivity index (χ0) is 16.4. The quantitative estimate of drug-likeness (QED) is 0.807. The summed E-state index contributed by atoms with van der Waals surface area (Å²) in [6.07, 6.45) is 1.33. The highest BCUT2D eigenvalue weighted by atomic mass is 19.1. The van der Waals surface area contributed by atoms with Gasteiger partial charge in [0.25, 0.3) is 5.56 Å². The molecule has 0 unspecified atom stereocenters. The van der Waals surface area contributed by atoms with E-state index in [-0.39, 0.29) is 17.1 Å². The molecule has 0 aliphatic heterocycles. The van der Waals surface area contributed by atoms with Gasteiger partial charge in [0.05, 0.1) is 5.56 Å². The number of para-hydroxylation sites is 1. The average Bonchev–Trinajstić information content (AvgIpc) is 2.56. The minimum atomic E-state index is -0.797. The zero-order valence-corrected chi connectivity index (χ0v) is 12.2. The van der Waals surface area contributed by atoms with E-state index in [0.29, 0.717) is 11.3 Å². The molecule has 0 saturated heterocycles. The molecule has 1 N–H and O–H groups in total. The van der Waals surface area contributed by atoms with E-state index in [4.69, 9.17) is 4.74 Å². The summed E-state index contributed by atoms with van der Waals surface area (Å²) in [7, 11) is 1.52. The summed E-state index contributed by atoms with van der Waals surface area (Å²) in [5, 5.41) is 9.23. The van der Waals surface area contributed by atoms with Crippen LogP contribution in [0.15, 0.2) is 59.5 Å². The van der Waals surface area contributed by atoms with Gasteiger partial charge in [0, 0.05) is 13.2 Å². The van der Waals surface area contributed by atoms with Crippen molar-refractivity contribution < 1.29 is 14.2 Å². The molecule has 5 nitrogen and oxygen atoms in total. The van der Waals surface area contributed by atoms with Crippen LogP contribution in [0.5, 0.6) is 17.5 Å². The first-order chi connectivity index (χ1) is 11.1. The maximum absolute atomic E-state index is 13.5. The van der Waals surface area contributed by atoms with Crippen molar-refractivity contribution in [3.05, 3.63) is 70.9 Å². The summed E-state index contributed by atoms with van der Waals surface area (Å²) in [5.41, 5.74) is 0.169. The van der Waals surface area contributed by atoms with E-state index in [1.54, 1.807) is 24.3 Å². The highest BCUT2D eigenvalue weighted by Crippen LogP contribution is 2.24. The van der Waals surface area contributed by atoms with Crippen molar-refractivity contribution in [2.24, 2.45) is 7.05 Å². The molecule has 0 spiro atoms. The third kappa shape index (κ3) is 2.91. The molecular formula is C17H13FN2O3. The summed E-state index contributed by atoms with van der Waals surface area (Å²) >= 11 is 0. The molecule has 0 aliphatic rings. The number of nitrogens with zero attached hydrogens (tertiary/aromatic N) is 2. The Morgan fingerprint density at radius 2 is 1.91 bits per heavy atom. The zero-order valence-electron chi connectivity index (χ0n) is 12.2. The molecular weight excluding hydrogens is 299 g/mol. The Bertz CT molecular complexity index is 907. The fourth-order valence-corrected chi connectivity index (χ4v) is 2.09. The van der Waals surface area contributed by atoms with Crippen LogP contribution in [0.25, 0.3) is 11.1 Å². The molecule has 0 bridgehead atoms. The van der Waals surface area contributed by atoms with E-state index < -0.39 is 11.6 Å². The first-order valence-electron chi connectivity index (χ1n) is 6.84. The van der Waals surface area contributed by atoms with Crippen LogP contribution in [0, 0.1) is 5.82 Å². The summed E-state index contributed by atoms with van der Waals surface area (Å²) in [5.74, 6) is -0.713. The van der Waals surface area contributed by atoms with Crippen LogP contribution in [0.3, 0.4) is 0 Å². The van der Waals surface area contributed by atoms with Gasteiger partial charge in [-0.1, -0.05) is 24.3 Å². The fraction of sp³-hybridized carbons (Fsp3) is 0.0588. The number of ether oxygens (including phenoxy) is 1. The van der Waals surface area contributed by atoms with Crippen LogP contribution in [0.4, 0.5) is 4.39 Å². The second-order valence-electron chi connectivity index (χ2n) is 4.90. The van der Waals surface area contributed by atoms with Gasteiger partial charge in [-0.15, -0.1) is 0 Å². The lowest BCUT2D eigenvalue weighted by Gasteiger charge is -2.10. The minimum Gasteiger partial charge on any atom is -0.505 e. The van der Waals surface area contributed by atoms with Crippen molar-refractivity contribution in [1.82, 2.24) is 9.55 Å². The third-order valence-corrected chi connectivity index (χ3v) is 3.34. The number of phenols is 1. The van der Waals surface area contributed by atoms with Crippen LogP contribution >= 0.6 is 0 Å². The predicted molar refractivity (Wildman–Crippen MR) is 83.1 cm³/mol. The topological polar surface area (TPSA) is 64.3 Å². The molecule has 0 atom stereocenters. The predicted octanol–water partition coefficient (Wildman–Crippen LogP) is 3.08. The van der Waals surface area contributed by atoms with Crippen molar-refractivity contribution in [3.63, 3.8) is 0 Å². The molecule has 23 heavy (non-hydrogen) atoms. The second kappa shape index (κ2) is 5.92. The fourth-order valence-electron chi connectivity index (χ4n) is 2.09. The number of aromatic nitrogens is 2. The van der Waals surface area contributed by atoms with Gasteiger partial charge in [0.15, 0.2) is 11.6 Å². The number of hydrogen-bond donors (Lipinski definition) is 1. The van der Waals surface area contributed by atoms with Gasteiger partial charge in [0.1, 0.15) is 5.75 Å². The molecule has 1 heterocycles. The van der Waals surface area contributed by atoms with Crippen molar-refractivity contribution in [2.45, 2.75) is 0 Å². The van der Waals surface area contributed by atoms with Gasteiger partial charge in [-0.05, 0) is 29.8 Å². The lowest BCUT2D eigenvalue weighted by molar-refractivity contribution is 0.413. The Balaban J connectivity index is 2.00. The van der Waals surface area contributed by atoms with Gasteiger partial charge >= 0.3 is 6.01 Å². The van der Waals surface area contributed by atoms with Crippen LogP contribution in [0.1, 0.15) is 0 Å². The molecule has 3 aromatic rings. The SMILES string of the molecule is Cn1c(Oc2ccccc2)ncc(-c2ccc(O)c(F)c2)c1=O. The molecule has 0 amide bonds. The number of hydrogen-bond acceptors (Lipinski definition) is 4. The summed E-state index contributed by atoms with van der Waals surface area (Å²) in [6.45, 7) is 0. The number of aromatic hydroxyl groups is 1. The molecule has 3 rings (SSSR count). The van der Waals surface area contributed by atoms with Gasteiger partial charge in [0.2, 0.25) is 0 Å². The van der Waals surface area contributed by atoms with Crippen molar-refractivity contribution in [3.8, 4) is 28.6 Å². The Morgan fingerprint density at radius 1 is 1.17 bits per heavy atom. The number of phenolic OH excluding ortho intramolecular Hbond substituents is 1. The van der Waals surface area contributed by atoms with Crippen molar-refractivity contribution >= 4 is 0 Å². The first kappa shape index (κ1) is 14.8. The molecule has 0 aliphatic carbocycles. The van der Waals surface area contributed by atoms with Crippen LogP contribution in [0.2, 0.25) is 0 Å². The van der Waals surface area contributed by atoms with Crippen molar-refractivity contribution in [2.75, 3.05) is 0 Å². The van der Waals surface area contributed by atoms with Crippen LogP contribution in [-0.4, -0.2) is 14.7 Å². The molecule has 1 aromatic heterocycles. The van der Waals surface area contributed by atoms with Gasteiger partial charge in [-0.2, -0.15) is 0 Å². The second-order valence-corrected chi connectivity index (χ2v) is 4.90. The first-order valence-corrected chi connectivity index (χ1v) is 6.84. The minimum absolute atomic E-state index is 0.129. The van der Waals surface area contributed by atoms with E-state index in [9.17, 15) is 14.3 Å². The van der Waals surface area contributed by atoms with Gasteiger partial charge in [-0.25, -0.2) is 9.37 Å². The maximum Gasteiger partial charge on any atom is 0.304 e. The Morgan fingerprint density at radius 3 is 2.61 bits per heavy atom. The number of benzene rings is 2.